The summed E-state index contributed by atoms with van der Waals surface area (Å²) in [7, 11) is 0. The van der Waals surface area contributed by atoms with E-state index < -0.39 is 5.91 Å². The maximum Gasteiger partial charge on any atom is 0.280 e. The third-order valence-corrected chi connectivity index (χ3v) is 6.51. The molecule has 1 unspecified atom stereocenters. The third-order valence-electron chi connectivity index (χ3n) is 5.31. The van der Waals surface area contributed by atoms with Gasteiger partial charge in [0.2, 0.25) is 0 Å². The summed E-state index contributed by atoms with van der Waals surface area (Å²) in [6.07, 6.45) is 5.03. The van der Waals surface area contributed by atoms with Gasteiger partial charge in [0.15, 0.2) is 6.54 Å². The highest BCUT2D eigenvalue weighted by atomic mass is 32.1. The van der Waals surface area contributed by atoms with E-state index in [4.69, 9.17) is 5.73 Å². The van der Waals surface area contributed by atoms with Crippen LogP contribution in [-0.2, 0) is 24.2 Å². The SMILES string of the molecule is NC(=O)c1c(NC(=O)C[NH+](Cc2ccc(F)cc2)C2CC2)sc2c1CCC2. The van der Waals surface area contributed by atoms with Crippen LogP contribution in [0.1, 0.15) is 45.6 Å². The molecule has 2 aromatic rings. The number of nitrogens with two attached hydrogens (primary N) is 1. The van der Waals surface area contributed by atoms with Crippen LogP contribution in [0.25, 0.3) is 0 Å². The molecule has 2 aliphatic carbocycles. The van der Waals surface area contributed by atoms with Crippen molar-refractivity contribution >= 4 is 28.2 Å². The van der Waals surface area contributed by atoms with Crippen LogP contribution in [0.3, 0.4) is 0 Å². The Balaban J connectivity index is 1.45. The fraction of sp³-hybridized carbons (Fsp3) is 0.400. The van der Waals surface area contributed by atoms with Crippen molar-refractivity contribution in [3.8, 4) is 0 Å². The van der Waals surface area contributed by atoms with E-state index in [1.54, 1.807) is 12.1 Å². The number of benzene rings is 1. The fourth-order valence-corrected chi connectivity index (χ4v) is 5.15. The second kappa shape index (κ2) is 7.40. The van der Waals surface area contributed by atoms with Gasteiger partial charge in [-0.05, 0) is 37.0 Å². The number of amides is 2. The van der Waals surface area contributed by atoms with Gasteiger partial charge in [-0.2, -0.15) is 0 Å². The number of hydrogen-bond donors (Lipinski definition) is 3. The third kappa shape index (κ3) is 4.04. The van der Waals surface area contributed by atoms with E-state index in [1.807, 2.05) is 0 Å². The number of nitrogens with one attached hydrogen (secondary N) is 2. The van der Waals surface area contributed by atoms with Gasteiger partial charge in [-0.15, -0.1) is 11.3 Å². The highest BCUT2D eigenvalue weighted by Crippen LogP contribution is 2.38. The van der Waals surface area contributed by atoms with Gasteiger partial charge < -0.3 is 16.0 Å². The molecule has 0 radical (unpaired) electrons. The van der Waals surface area contributed by atoms with Crippen LogP contribution in [0.15, 0.2) is 24.3 Å². The Kier molecular flexibility index (Phi) is 4.97. The Morgan fingerprint density at radius 2 is 1.96 bits per heavy atom. The van der Waals surface area contributed by atoms with E-state index in [0.29, 0.717) is 29.7 Å². The molecule has 0 bridgehead atoms. The average Bonchev–Trinajstić information content (AvgIpc) is 3.28. The minimum absolute atomic E-state index is 0.110. The molecule has 1 aromatic heterocycles. The Morgan fingerprint density at radius 1 is 1.22 bits per heavy atom. The summed E-state index contributed by atoms with van der Waals surface area (Å²) in [5.41, 5.74) is 8.08. The van der Waals surface area contributed by atoms with Crippen LogP contribution < -0.4 is 16.0 Å². The maximum absolute atomic E-state index is 13.1. The summed E-state index contributed by atoms with van der Waals surface area (Å²) < 4.78 is 13.1. The van der Waals surface area contributed by atoms with Crippen LogP contribution in [0.5, 0.6) is 0 Å². The van der Waals surface area contributed by atoms with E-state index in [9.17, 15) is 14.0 Å². The lowest BCUT2D eigenvalue weighted by atomic mass is 10.1. The standard InChI is InChI=1S/C20H22FN3O2S/c21-13-6-4-12(5-7-13)10-24(14-8-9-14)11-17(25)23-20-18(19(22)26)15-2-1-3-16(15)27-20/h4-7,14H,1-3,8-11H2,(H2,22,26)(H,23,25)/p+1. The number of anilines is 1. The zero-order chi connectivity index (χ0) is 19.0. The van der Waals surface area contributed by atoms with Crippen molar-refractivity contribution < 1.29 is 18.9 Å². The highest BCUT2D eigenvalue weighted by Gasteiger charge is 2.35. The molecule has 5 nitrogen and oxygen atoms in total. The van der Waals surface area contributed by atoms with Crippen LogP contribution >= 0.6 is 11.3 Å². The van der Waals surface area contributed by atoms with Crippen LogP contribution in [0, 0.1) is 5.82 Å². The summed E-state index contributed by atoms with van der Waals surface area (Å²) >= 11 is 1.48. The molecule has 1 saturated carbocycles. The van der Waals surface area contributed by atoms with E-state index >= 15 is 0 Å². The molecule has 1 fully saturated rings. The first-order valence-corrected chi connectivity index (χ1v) is 10.2. The molecule has 27 heavy (non-hydrogen) atoms. The van der Waals surface area contributed by atoms with Crippen LogP contribution in [0.4, 0.5) is 9.39 Å². The minimum atomic E-state index is -0.470. The van der Waals surface area contributed by atoms with Gasteiger partial charge in [0.25, 0.3) is 11.8 Å². The zero-order valence-corrected chi connectivity index (χ0v) is 15.8. The summed E-state index contributed by atoms with van der Waals surface area (Å²) in [5, 5.41) is 3.52. The van der Waals surface area contributed by atoms with E-state index in [-0.39, 0.29) is 11.7 Å². The van der Waals surface area contributed by atoms with Crippen molar-refractivity contribution in [3.05, 3.63) is 51.7 Å². The summed E-state index contributed by atoms with van der Waals surface area (Å²) in [6.45, 7) is 1.00. The highest BCUT2D eigenvalue weighted by molar-refractivity contribution is 7.17. The predicted molar refractivity (Wildman–Crippen MR) is 102 cm³/mol. The van der Waals surface area contributed by atoms with E-state index in [0.717, 1.165) is 48.1 Å². The molecule has 4 N–H and O–H groups in total. The normalized spacial score (nSPS) is 16.8. The Bertz CT molecular complexity index is 874. The maximum atomic E-state index is 13.1. The number of rotatable bonds is 7. The Hall–Kier alpha value is -2.25. The Labute approximate surface area is 161 Å². The molecule has 2 amide bonds. The molecule has 7 heteroatoms. The molecule has 1 atom stereocenters. The molecule has 4 rings (SSSR count). The first-order chi connectivity index (χ1) is 13.0. The van der Waals surface area contributed by atoms with Gasteiger partial charge in [0, 0.05) is 23.3 Å². The van der Waals surface area contributed by atoms with Gasteiger partial charge in [0.1, 0.15) is 17.4 Å². The lowest BCUT2D eigenvalue weighted by molar-refractivity contribution is -0.916. The van der Waals surface area contributed by atoms with Crippen molar-refractivity contribution in [2.24, 2.45) is 5.73 Å². The molecule has 2 aliphatic rings. The van der Waals surface area contributed by atoms with Crippen LogP contribution in [0.2, 0.25) is 0 Å². The van der Waals surface area contributed by atoms with Gasteiger partial charge >= 0.3 is 0 Å². The lowest BCUT2D eigenvalue weighted by Crippen LogP contribution is -3.13. The lowest BCUT2D eigenvalue weighted by Gasteiger charge is -2.19. The average molecular weight is 388 g/mol. The van der Waals surface area contributed by atoms with Crippen molar-refractivity contribution in [1.82, 2.24) is 0 Å². The monoisotopic (exact) mass is 388 g/mol. The molecular weight excluding hydrogens is 365 g/mol. The number of quaternary nitrogens is 1. The van der Waals surface area contributed by atoms with Crippen molar-refractivity contribution in [2.45, 2.75) is 44.7 Å². The second-order valence-electron chi connectivity index (χ2n) is 7.39. The molecule has 1 aromatic carbocycles. The van der Waals surface area contributed by atoms with Crippen LogP contribution in [-0.4, -0.2) is 24.4 Å². The van der Waals surface area contributed by atoms with Crippen molar-refractivity contribution in [2.75, 3.05) is 11.9 Å². The number of halogens is 1. The first-order valence-electron chi connectivity index (χ1n) is 9.34. The van der Waals surface area contributed by atoms with Gasteiger partial charge in [-0.3, -0.25) is 9.59 Å². The smallest absolute Gasteiger partial charge is 0.280 e. The van der Waals surface area contributed by atoms with Crippen molar-refractivity contribution in [1.29, 1.82) is 0 Å². The summed E-state index contributed by atoms with van der Waals surface area (Å²) in [6, 6.07) is 6.90. The molecule has 0 spiro atoms. The summed E-state index contributed by atoms with van der Waals surface area (Å²) in [5.74, 6) is -0.835. The first kappa shape index (κ1) is 18.1. The van der Waals surface area contributed by atoms with Crippen molar-refractivity contribution in [3.63, 3.8) is 0 Å². The minimum Gasteiger partial charge on any atom is -0.365 e. The van der Waals surface area contributed by atoms with Gasteiger partial charge in [0.05, 0.1) is 11.6 Å². The number of primary amides is 1. The molecule has 0 aliphatic heterocycles. The summed E-state index contributed by atoms with van der Waals surface area (Å²) in [4.78, 5) is 26.9. The Morgan fingerprint density at radius 3 is 2.63 bits per heavy atom. The molecule has 142 valence electrons. The molecule has 0 saturated heterocycles. The van der Waals surface area contributed by atoms with Gasteiger partial charge in [-0.1, -0.05) is 12.1 Å². The van der Waals surface area contributed by atoms with Gasteiger partial charge in [-0.25, -0.2) is 4.39 Å². The fourth-order valence-electron chi connectivity index (χ4n) is 3.84. The number of aryl methyl sites for hydroxylation is 1. The number of fused-ring (bicyclic) bond motifs is 1. The number of hydrogen-bond acceptors (Lipinski definition) is 3. The largest absolute Gasteiger partial charge is 0.365 e. The van der Waals surface area contributed by atoms with E-state index in [2.05, 4.69) is 5.32 Å². The molecular formula is C20H23FN3O2S+. The topological polar surface area (TPSA) is 76.6 Å². The predicted octanol–water partition coefficient (Wildman–Crippen LogP) is 1.66. The second-order valence-corrected chi connectivity index (χ2v) is 8.49. The molecule has 1 heterocycles. The zero-order valence-electron chi connectivity index (χ0n) is 15.0. The number of carbonyl (C=O) groups is 2. The number of thiophene rings is 1. The van der Waals surface area contributed by atoms with E-state index in [1.165, 1.54) is 28.4 Å². The quantitative estimate of drug-likeness (QED) is 0.675. The number of carbonyl (C=O) groups excluding carboxylic acids is 2.